The number of rotatable bonds is 7. The Hall–Kier alpha value is -1.27. The van der Waals surface area contributed by atoms with Crippen molar-refractivity contribution in [1.29, 1.82) is 0 Å². The van der Waals surface area contributed by atoms with Gasteiger partial charge in [-0.1, -0.05) is 18.2 Å². The normalized spacial score (nSPS) is 13.1. The fraction of sp³-hybridized carbons (Fsp3) is 0.462. The second kappa shape index (κ2) is 7.31. The van der Waals surface area contributed by atoms with Crippen molar-refractivity contribution in [3.63, 3.8) is 0 Å². The standard InChI is InChI=1S/C13H20O8S2Si/c1-22(15,16)19-13(20-23(2,17)18)11-9-7-6-8-10(11)12(14)21-24(3,4)5/h6-9,13H,1-5H3. The summed E-state index contributed by atoms with van der Waals surface area (Å²) >= 11 is 0. The van der Waals surface area contributed by atoms with E-state index in [1.54, 1.807) is 19.6 Å². The topological polar surface area (TPSA) is 113 Å². The Kier molecular flexibility index (Phi) is 6.33. The SMILES string of the molecule is C[Si](C)(C)OC(=O)c1ccccc1C(OS(C)(=O)=O)OS(C)(=O)=O. The van der Waals surface area contributed by atoms with Crippen LogP contribution in [0.3, 0.4) is 0 Å². The summed E-state index contributed by atoms with van der Waals surface area (Å²) in [4.78, 5) is 12.3. The minimum absolute atomic E-state index is 0.0303. The summed E-state index contributed by atoms with van der Waals surface area (Å²) in [6.07, 6.45) is -0.330. The maximum atomic E-state index is 12.3. The highest BCUT2D eigenvalue weighted by Crippen LogP contribution is 2.27. The Morgan fingerprint density at radius 1 is 0.958 bits per heavy atom. The van der Waals surface area contributed by atoms with E-state index in [9.17, 15) is 21.6 Å². The number of hydrogen-bond acceptors (Lipinski definition) is 8. The zero-order chi connectivity index (χ0) is 18.8. The smallest absolute Gasteiger partial charge is 0.325 e. The van der Waals surface area contributed by atoms with E-state index in [2.05, 4.69) is 0 Å². The van der Waals surface area contributed by atoms with Gasteiger partial charge in [-0.2, -0.15) is 16.8 Å². The van der Waals surface area contributed by atoms with Crippen molar-refractivity contribution in [2.45, 2.75) is 25.9 Å². The van der Waals surface area contributed by atoms with E-state index in [4.69, 9.17) is 12.8 Å². The Labute approximate surface area is 143 Å². The molecule has 0 aliphatic rings. The molecule has 0 saturated heterocycles. The van der Waals surface area contributed by atoms with Crippen LogP contribution in [0.2, 0.25) is 19.6 Å². The molecule has 0 N–H and O–H groups in total. The van der Waals surface area contributed by atoms with Crippen LogP contribution >= 0.6 is 0 Å². The first-order chi connectivity index (χ1) is 10.7. The Morgan fingerprint density at radius 3 is 1.83 bits per heavy atom. The molecule has 0 spiro atoms. The molecule has 0 fully saturated rings. The molecule has 0 atom stereocenters. The van der Waals surface area contributed by atoms with Crippen LogP contribution in [0.5, 0.6) is 0 Å². The Bertz CT molecular complexity index is 775. The fourth-order valence-corrected chi connectivity index (χ4v) is 3.30. The van der Waals surface area contributed by atoms with Gasteiger partial charge in [0.15, 0.2) is 0 Å². The number of benzene rings is 1. The van der Waals surface area contributed by atoms with Gasteiger partial charge in [0.2, 0.25) is 14.6 Å². The van der Waals surface area contributed by atoms with Crippen LogP contribution in [0.4, 0.5) is 0 Å². The first kappa shape index (κ1) is 20.8. The van der Waals surface area contributed by atoms with Gasteiger partial charge in [-0.25, -0.2) is 13.2 Å². The van der Waals surface area contributed by atoms with Crippen molar-refractivity contribution in [1.82, 2.24) is 0 Å². The fourth-order valence-electron chi connectivity index (χ4n) is 1.66. The highest BCUT2D eigenvalue weighted by Gasteiger charge is 2.29. The minimum atomic E-state index is -4.05. The lowest BCUT2D eigenvalue weighted by atomic mass is 10.1. The first-order valence-corrected chi connectivity index (χ1v) is 13.8. The van der Waals surface area contributed by atoms with Crippen molar-refractivity contribution < 1.29 is 34.4 Å². The maximum Gasteiger partial charge on any atom is 0.325 e. The molecule has 0 unspecified atom stereocenters. The third-order valence-electron chi connectivity index (χ3n) is 2.36. The molecule has 1 aromatic carbocycles. The summed E-state index contributed by atoms with van der Waals surface area (Å²) in [7, 11) is -10.3. The monoisotopic (exact) mass is 396 g/mol. The van der Waals surface area contributed by atoms with E-state index in [1.807, 2.05) is 0 Å². The molecule has 0 aliphatic heterocycles. The van der Waals surface area contributed by atoms with Crippen molar-refractivity contribution in [2.24, 2.45) is 0 Å². The quantitative estimate of drug-likeness (QED) is 0.388. The van der Waals surface area contributed by atoms with E-state index < -0.39 is 40.8 Å². The highest BCUT2D eigenvalue weighted by molar-refractivity contribution is 7.86. The van der Waals surface area contributed by atoms with Gasteiger partial charge in [0.05, 0.1) is 18.1 Å². The average Bonchev–Trinajstić information content (AvgIpc) is 2.32. The summed E-state index contributed by atoms with van der Waals surface area (Å²) in [5, 5.41) is 0. The maximum absolute atomic E-state index is 12.3. The van der Waals surface area contributed by atoms with Gasteiger partial charge in [0.25, 0.3) is 20.2 Å². The molecule has 0 aromatic heterocycles. The molecule has 1 rings (SSSR count). The third kappa shape index (κ3) is 7.53. The van der Waals surface area contributed by atoms with Gasteiger partial charge < -0.3 is 4.43 Å². The van der Waals surface area contributed by atoms with Crippen LogP contribution in [0.15, 0.2) is 24.3 Å². The Balaban J connectivity index is 3.35. The van der Waals surface area contributed by atoms with Crippen LogP contribution in [-0.4, -0.2) is 43.6 Å². The summed E-state index contributed by atoms with van der Waals surface area (Å²) in [6, 6.07) is 5.73. The van der Waals surface area contributed by atoms with Crippen molar-refractivity contribution >= 4 is 34.5 Å². The summed E-state index contributed by atoms with van der Waals surface area (Å²) in [6.45, 7) is 5.39. The molecular weight excluding hydrogens is 376 g/mol. The molecule has 0 saturated carbocycles. The molecule has 0 heterocycles. The molecule has 24 heavy (non-hydrogen) atoms. The molecule has 0 aliphatic carbocycles. The molecule has 8 nitrogen and oxygen atoms in total. The molecule has 136 valence electrons. The van der Waals surface area contributed by atoms with Crippen LogP contribution in [0, 0.1) is 0 Å². The van der Waals surface area contributed by atoms with E-state index >= 15 is 0 Å². The third-order valence-corrected chi connectivity index (χ3v) is 4.20. The van der Waals surface area contributed by atoms with E-state index in [0.717, 1.165) is 12.5 Å². The van der Waals surface area contributed by atoms with Crippen LogP contribution in [0.25, 0.3) is 0 Å². The first-order valence-electron chi connectivity index (χ1n) is 6.77. The molecule has 1 aromatic rings. The van der Waals surface area contributed by atoms with Crippen molar-refractivity contribution in [3.05, 3.63) is 35.4 Å². The largest absolute Gasteiger partial charge is 0.516 e. The van der Waals surface area contributed by atoms with Gasteiger partial charge in [0.1, 0.15) is 0 Å². The van der Waals surface area contributed by atoms with Crippen molar-refractivity contribution in [2.75, 3.05) is 12.5 Å². The summed E-state index contributed by atoms with van der Waals surface area (Å²) in [5.41, 5.74) is -0.0891. The zero-order valence-corrected chi connectivity index (χ0v) is 16.6. The molecule has 0 radical (unpaired) electrons. The lowest BCUT2D eigenvalue weighted by molar-refractivity contribution is 0.0158. The lowest BCUT2D eigenvalue weighted by Gasteiger charge is -2.21. The second-order valence-corrected chi connectivity index (χ2v) is 13.7. The molecule has 11 heteroatoms. The van der Waals surface area contributed by atoms with Crippen LogP contribution in [-0.2, 0) is 33.0 Å². The minimum Gasteiger partial charge on any atom is -0.516 e. The number of carbonyl (C=O) groups is 1. The second-order valence-electron chi connectivity index (χ2n) is 6.02. The lowest BCUT2D eigenvalue weighted by Crippen LogP contribution is -2.30. The van der Waals surface area contributed by atoms with Crippen LogP contribution < -0.4 is 0 Å². The van der Waals surface area contributed by atoms with Gasteiger partial charge >= 0.3 is 5.97 Å². The Morgan fingerprint density at radius 2 is 1.42 bits per heavy atom. The molecular formula is C13H20O8S2Si. The van der Waals surface area contributed by atoms with E-state index in [0.29, 0.717) is 0 Å². The van der Waals surface area contributed by atoms with Gasteiger partial charge in [-0.3, -0.25) is 0 Å². The summed E-state index contributed by atoms with van der Waals surface area (Å²) in [5.74, 6) is -0.705. The van der Waals surface area contributed by atoms with Gasteiger partial charge in [0, 0.05) is 5.56 Å². The zero-order valence-electron chi connectivity index (χ0n) is 14.0. The number of hydrogen-bond donors (Lipinski definition) is 0. The number of carbonyl (C=O) groups excluding carboxylic acids is 1. The van der Waals surface area contributed by atoms with Crippen molar-refractivity contribution in [3.8, 4) is 0 Å². The predicted octanol–water partition coefficient (Wildman–Crippen LogP) is 1.63. The molecule has 0 bridgehead atoms. The highest BCUT2D eigenvalue weighted by atomic mass is 32.2. The predicted molar refractivity (Wildman–Crippen MR) is 89.8 cm³/mol. The molecule has 0 amide bonds. The average molecular weight is 397 g/mol. The van der Waals surface area contributed by atoms with Gasteiger partial charge in [-0.15, -0.1) is 0 Å². The van der Waals surface area contributed by atoms with E-state index in [1.165, 1.54) is 24.3 Å². The van der Waals surface area contributed by atoms with E-state index in [-0.39, 0.29) is 11.1 Å². The van der Waals surface area contributed by atoms with Gasteiger partial charge in [-0.05, 0) is 25.7 Å². The summed E-state index contributed by atoms with van der Waals surface area (Å²) < 4.78 is 60.4. The van der Waals surface area contributed by atoms with Crippen LogP contribution in [0.1, 0.15) is 22.2 Å².